The summed E-state index contributed by atoms with van der Waals surface area (Å²) in [7, 11) is 1.60. The summed E-state index contributed by atoms with van der Waals surface area (Å²) < 4.78 is 5.24. The lowest BCUT2D eigenvalue weighted by Crippen LogP contribution is -2.59. The van der Waals surface area contributed by atoms with Gasteiger partial charge in [-0.15, -0.1) is 0 Å². The quantitative estimate of drug-likeness (QED) is 0.904. The monoisotopic (exact) mass is 367 g/mol. The number of carbonyl (C=O) groups is 2. The van der Waals surface area contributed by atoms with Crippen molar-refractivity contribution < 1.29 is 14.3 Å². The number of rotatable bonds is 4. The summed E-state index contributed by atoms with van der Waals surface area (Å²) in [4.78, 5) is 28.5. The Kier molecular flexibility index (Phi) is 5.64. The van der Waals surface area contributed by atoms with Crippen molar-refractivity contribution in [1.29, 1.82) is 0 Å². The number of carbonyl (C=O) groups excluding carboxylic acids is 2. The standard InChI is InChI=1S/C21H25N3O3/c1-15-7-9-17(10-8-15)12-22-21(26)23-14-20(25)24(13-16(23)2)18-5-4-6-19(11-18)27-3/h4-11,16H,12-14H2,1-3H3,(H,22,26)/t16-/m1/s1. The van der Waals surface area contributed by atoms with Gasteiger partial charge >= 0.3 is 6.03 Å². The summed E-state index contributed by atoms with van der Waals surface area (Å²) in [6, 6.07) is 15.1. The second-order valence-corrected chi connectivity index (χ2v) is 6.83. The average Bonchev–Trinajstić information content (AvgIpc) is 2.68. The summed E-state index contributed by atoms with van der Waals surface area (Å²) in [6.45, 7) is 4.92. The zero-order valence-electron chi connectivity index (χ0n) is 15.9. The summed E-state index contributed by atoms with van der Waals surface area (Å²) in [5, 5.41) is 2.91. The molecule has 0 spiro atoms. The maximum atomic E-state index is 12.6. The summed E-state index contributed by atoms with van der Waals surface area (Å²) >= 11 is 0. The van der Waals surface area contributed by atoms with Crippen LogP contribution in [0.1, 0.15) is 18.1 Å². The molecule has 1 N–H and O–H groups in total. The van der Waals surface area contributed by atoms with Gasteiger partial charge in [0.05, 0.1) is 7.11 Å². The van der Waals surface area contributed by atoms with Crippen molar-refractivity contribution in [1.82, 2.24) is 10.2 Å². The summed E-state index contributed by atoms with van der Waals surface area (Å²) in [6.07, 6.45) is 0. The highest BCUT2D eigenvalue weighted by Crippen LogP contribution is 2.24. The molecule has 0 bridgehead atoms. The van der Waals surface area contributed by atoms with Crippen molar-refractivity contribution in [2.24, 2.45) is 0 Å². The van der Waals surface area contributed by atoms with Gasteiger partial charge in [-0.3, -0.25) is 4.79 Å². The van der Waals surface area contributed by atoms with Crippen molar-refractivity contribution in [3.8, 4) is 5.75 Å². The van der Waals surface area contributed by atoms with E-state index < -0.39 is 0 Å². The van der Waals surface area contributed by atoms with Crippen LogP contribution < -0.4 is 15.0 Å². The minimum absolute atomic E-state index is 0.0537. The zero-order chi connectivity index (χ0) is 19.4. The van der Waals surface area contributed by atoms with Gasteiger partial charge in [0.25, 0.3) is 0 Å². The molecular weight excluding hydrogens is 342 g/mol. The molecule has 0 unspecified atom stereocenters. The molecule has 142 valence electrons. The third-order valence-corrected chi connectivity index (χ3v) is 4.78. The highest BCUT2D eigenvalue weighted by Gasteiger charge is 2.33. The second kappa shape index (κ2) is 8.12. The van der Waals surface area contributed by atoms with Crippen LogP contribution in [0.4, 0.5) is 10.5 Å². The van der Waals surface area contributed by atoms with Crippen molar-refractivity contribution in [2.75, 3.05) is 25.1 Å². The van der Waals surface area contributed by atoms with E-state index in [1.807, 2.05) is 62.4 Å². The summed E-state index contributed by atoms with van der Waals surface area (Å²) in [5.74, 6) is 0.595. The van der Waals surface area contributed by atoms with Gasteiger partial charge in [-0.05, 0) is 31.5 Å². The number of urea groups is 1. The molecule has 6 nitrogen and oxygen atoms in total. The lowest BCUT2D eigenvalue weighted by Gasteiger charge is -2.39. The molecule has 2 aromatic rings. The molecular formula is C21H25N3O3. The Balaban J connectivity index is 1.63. The predicted molar refractivity (Wildman–Crippen MR) is 105 cm³/mol. The molecule has 3 rings (SSSR count). The number of nitrogens with zero attached hydrogens (tertiary/aromatic N) is 2. The van der Waals surface area contributed by atoms with E-state index in [0.29, 0.717) is 18.8 Å². The fraction of sp³-hybridized carbons (Fsp3) is 0.333. The van der Waals surface area contributed by atoms with E-state index in [9.17, 15) is 9.59 Å². The number of piperazine rings is 1. The molecule has 1 atom stereocenters. The van der Waals surface area contributed by atoms with E-state index >= 15 is 0 Å². The number of nitrogens with one attached hydrogen (secondary N) is 1. The maximum Gasteiger partial charge on any atom is 0.318 e. The lowest BCUT2D eigenvalue weighted by molar-refractivity contribution is -0.121. The Hall–Kier alpha value is -3.02. The van der Waals surface area contributed by atoms with Crippen LogP contribution in [0.5, 0.6) is 5.75 Å². The molecule has 0 saturated carbocycles. The van der Waals surface area contributed by atoms with Crippen molar-refractivity contribution in [3.63, 3.8) is 0 Å². The molecule has 27 heavy (non-hydrogen) atoms. The van der Waals surface area contributed by atoms with Crippen molar-refractivity contribution in [3.05, 3.63) is 59.7 Å². The normalized spacial score (nSPS) is 17.0. The van der Waals surface area contributed by atoms with Gasteiger partial charge in [0.2, 0.25) is 5.91 Å². The molecule has 2 aromatic carbocycles. The molecule has 0 radical (unpaired) electrons. The summed E-state index contributed by atoms with van der Waals surface area (Å²) in [5.41, 5.74) is 2.99. The van der Waals surface area contributed by atoms with E-state index in [0.717, 1.165) is 11.3 Å². The highest BCUT2D eigenvalue weighted by atomic mass is 16.5. The van der Waals surface area contributed by atoms with Gasteiger partial charge in [-0.25, -0.2) is 4.79 Å². The van der Waals surface area contributed by atoms with Crippen LogP contribution in [0.15, 0.2) is 48.5 Å². The molecule has 0 aromatic heterocycles. The van der Waals surface area contributed by atoms with Crippen molar-refractivity contribution >= 4 is 17.6 Å². The van der Waals surface area contributed by atoms with Crippen molar-refractivity contribution in [2.45, 2.75) is 26.4 Å². The third kappa shape index (κ3) is 4.39. The molecule has 0 aliphatic carbocycles. The Morgan fingerprint density at radius 1 is 1.22 bits per heavy atom. The van der Waals surface area contributed by atoms with E-state index in [1.54, 1.807) is 16.9 Å². The lowest BCUT2D eigenvalue weighted by atomic mass is 10.1. The molecule has 1 aliphatic heterocycles. The van der Waals surface area contributed by atoms with Crippen LogP contribution in [0.2, 0.25) is 0 Å². The first-order valence-electron chi connectivity index (χ1n) is 9.02. The third-order valence-electron chi connectivity index (χ3n) is 4.78. The Labute approximate surface area is 159 Å². The Morgan fingerprint density at radius 3 is 2.67 bits per heavy atom. The second-order valence-electron chi connectivity index (χ2n) is 6.83. The largest absolute Gasteiger partial charge is 0.497 e. The van der Waals surface area contributed by atoms with Gasteiger partial charge in [0, 0.05) is 30.9 Å². The number of aryl methyl sites for hydroxylation is 1. The van der Waals surface area contributed by atoms with Crippen LogP contribution in [0.25, 0.3) is 0 Å². The Morgan fingerprint density at radius 2 is 1.96 bits per heavy atom. The number of methoxy groups -OCH3 is 1. The topological polar surface area (TPSA) is 61.9 Å². The number of hydrogen-bond donors (Lipinski definition) is 1. The van der Waals surface area contributed by atoms with Crippen LogP contribution in [-0.4, -0.2) is 43.1 Å². The van der Waals surface area contributed by atoms with E-state index in [4.69, 9.17) is 4.74 Å². The molecule has 6 heteroatoms. The maximum absolute atomic E-state index is 12.6. The number of hydrogen-bond acceptors (Lipinski definition) is 3. The van der Waals surface area contributed by atoms with Crippen LogP contribution >= 0.6 is 0 Å². The average molecular weight is 367 g/mol. The number of anilines is 1. The van der Waals surface area contributed by atoms with E-state index in [1.165, 1.54) is 5.56 Å². The predicted octanol–water partition coefficient (Wildman–Crippen LogP) is 2.95. The number of ether oxygens (including phenoxy) is 1. The Bertz CT molecular complexity index is 820. The van der Waals surface area contributed by atoms with Gasteiger partial charge in [-0.2, -0.15) is 0 Å². The minimum Gasteiger partial charge on any atom is -0.497 e. The SMILES string of the molecule is COc1cccc(N2C[C@@H](C)N(C(=O)NCc3ccc(C)cc3)CC2=O)c1. The van der Waals surface area contributed by atoms with E-state index in [2.05, 4.69) is 5.32 Å². The van der Waals surface area contributed by atoms with Gasteiger partial charge in [0.1, 0.15) is 12.3 Å². The zero-order valence-corrected chi connectivity index (χ0v) is 15.9. The van der Waals surface area contributed by atoms with Crippen LogP contribution in [0, 0.1) is 6.92 Å². The smallest absolute Gasteiger partial charge is 0.318 e. The molecule has 3 amide bonds. The van der Waals surface area contributed by atoms with Gasteiger partial charge in [0.15, 0.2) is 0 Å². The van der Waals surface area contributed by atoms with Gasteiger partial charge < -0.3 is 19.9 Å². The first kappa shape index (κ1) is 18.8. The first-order chi connectivity index (χ1) is 13.0. The van der Waals surface area contributed by atoms with E-state index in [-0.39, 0.29) is 24.5 Å². The molecule has 1 heterocycles. The molecule has 1 fully saturated rings. The molecule has 1 saturated heterocycles. The van der Waals surface area contributed by atoms with Gasteiger partial charge in [-0.1, -0.05) is 35.9 Å². The van der Waals surface area contributed by atoms with Crippen LogP contribution in [-0.2, 0) is 11.3 Å². The first-order valence-corrected chi connectivity index (χ1v) is 9.02. The highest BCUT2D eigenvalue weighted by molar-refractivity contribution is 5.98. The number of amides is 3. The van der Waals surface area contributed by atoms with Crippen LogP contribution in [0.3, 0.4) is 0 Å². The minimum atomic E-state index is -0.221. The number of benzene rings is 2. The molecule has 1 aliphatic rings. The fourth-order valence-electron chi connectivity index (χ4n) is 3.14. The fourth-order valence-corrected chi connectivity index (χ4v) is 3.14.